The Hall–Kier alpha value is -9.12. The molecule has 100 heavy (non-hydrogen) atoms. The number of amides is 4. The Morgan fingerprint density at radius 1 is 0.430 bits per heavy atom. The highest BCUT2D eigenvalue weighted by molar-refractivity contribution is 7.16. The largest absolute Gasteiger partial charge is 0.486 e. The standard InChI is InChI=1S/C27H29N5O4S2.C23H24N8O3S2.C17H21N5O2S2/c1-18-7-5-9-21(13-18)35-16-20(33)15-26-31-29-24(37-26)11-3-4-12-25-30-32-27(38-25)28-23(34)17-36-22-10-6-8-19(2)14-22;32-17(7-9-20-28-30-22(35-20)26-18(33)13-15-5-1-3-11-24-15)8-10-21-29-31-23(36-21)27-19(34)14-16-6-2-4-12-25-16;23-12(10-5-6-10)9-15-21-19-13(25-15)3-1-2-4-14-20-22-17(26-14)18-16(24)11-7-8-11/h5-10,13-14H,3-4,11-12,15-17H2,1-2H3,(H,28,32,34);1-6,11-12,17,32H,7-10,13-14H2,(H,26,30,33)(H,27,31,34);10-11H,1-9H2,(H,18,22,24). The van der Waals surface area contributed by atoms with E-state index in [4.69, 9.17) is 9.47 Å². The topological polar surface area (TPSA) is 370 Å². The van der Waals surface area contributed by atoms with Gasteiger partial charge < -0.3 is 30.5 Å². The Kier molecular flexibility index (Phi) is 28.3. The summed E-state index contributed by atoms with van der Waals surface area (Å²) >= 11 is 8.41. The van der Waals surface area contributed by atoms with E-state index in [2.05, 4.69) is 92.4 Å². The van der Waals surface area contributed by atoms with Crippen LogP contribution >= 0.6 is 68.0 Å². The average molecular weight is 1470 g/mol. The van der Waals surface area contributed by atoms with Gasteiger partial charge in [-0.25, -0.2) is 0 Å². The molecular weight excluding hydrogens is 1390 g/mol. The van der Waals surface area contributed by atoms with Gasteiger partial charge in [-0.15, -0.1) is 83.9 Å². The van der Waals surface area contributed by atoms with Crippen LogP contribution in [0.15, 0.2) is 97.3 Å². The van der Waals surface area contributed by atoms with Crippen LogP contribution in [0.2, 0.25) is 0 Å². The number of anilines is 4. The van der Waals surface area contributed by atoms with Crippen LogP contribution in [-0.4, -0.2) is 131 Å². The Labute approximate surface area is 600 Å². The molecule has 0 aliphatic heterocycles. The smallest absolute Gasteiger partial charge is 0.264 e. The van der Waals surface area contributed by atoms with E-state index in [9.17, 15) is 33.9 Å². The lowest BCUT2D eigenvalue weighted by atomic mass is 10.1. The molecule has 12 rings (SSSR count). The minimum atomic E-state index is -0.554. The molecule has 0 saturated heterocycles. The van der Waals surface area contributed by atoms with Crippen LogP contribution in [-0.2, 0) is 93.0 Å². The summed E-state index contributed by atoms with van der Waals surface area (Å²) in [4.78, 5) is 80.4. The Morgan fingerprint density at radius 3 is 1.27 bits per heavy atom. The molecular formula is C67H74N18O9S6. The second kappa shape index (κ2) is 38.5. The number of carbonyl (C=O) groups excluding carboxylic acids is 6. The monoisotopic (exact) mass is 1470 g/mol. The van der Waals surface area contributed by atoms with E-state index in [1.165, 1.54) is 56.7 Å². The summed E-state index contributed by atoms with van der Waals surface area (Å²) in [5.74, 6) is 1.46. The van der Waals surface area contributed by atoms with E-state index in [-0.39, 0.29) is 73.7 Å². The van der Waals surface area contributed by atoms with E-state index < -0.39 is 6.10 Å². The number of ketones is 2. The van der Waals surface area contributed by atoms with Crippen molar-refractivity contribution >= 4 is 124 Å². The zero-order valence-corrected chi connectivity index (χ0v) is 59.8. The lowest BCUT2D eigenvalue weighted by molar-refractivity contribution is -0.120. The maximum Gasteiger partial charge on any atom is 0.264 e. The maximum atomic E-state index is 12.2. The summed E-state index contributed by atoms with van der Waals surface area (Å²) in [5, 5.41) is 79.3. The van der Waals surface area contributed by atoms with Crippen LogP contribution in [0.5, 0.6) is 11.5 Å². The number of carbonyl (C=O) groups is 6. The van der Waals surface area contributed by atoms with Crippen LogP contribution in [0, 0.1) is 25.7 Å². The third kappa shape index (κ3) is 26.5. The van der Waals surface area contributed by atoms with Gasteiger partial charge in [0.15, 0.2) is 12.4 Å². The summed E-state index contributed by atoms with van der Waals surface area (Å²) in [6.45, 7) is 3.87. The number of nitrogens with zero attached hydrogens (tertiary/aromatic N) is 14. The second-order valence-corrected chi connectivity index (χ2v) is 30.1. The molecule has 0 radical (unpaired) electrons. The number of ether oxygens (including phenoxy) is 2. The number of benzene rings is 2. The van der Waals surface area contributed by atoms with Gasteiger partial charge in [0.1, 0.15) is 64.0 Å². The Balaban J connectivity index is 0.000000165. The summed E-state index contributed by atoms with van der Waals surface area (Å²) in [5.41, 5.74) is 3.51. The van der Waals surface area contributed by atoms with Crippen LogP contribution in [0.1, 0.15) is 127 Å². The van der Waals surface area contributed by atoms with Gasteiger partial charge in [-0.2, -0.15) is 0 Å². The molecule has 8 aromatic heterocycles. The van der Waals surface area contributed by atoms with Gasteiger partial charge in [-0.3, -0.25) is 44.1 Å². The number of nitrogens with one attached hydrogen (secondary N) is 4. The normalized spacial score (nSPS) is 12.4. The van der Waals surface area contributed by atoms with Gasteiger partial charge >= 0.3 is 0 Å². The summed E-state index contributed by atoms with van der Waals surface area (Å²) in [6, 6.07) is 26.0. The molecule has 10 aromatic rings. The molecule has 0 spiro atoms. The van der Waals surface area contributed by atoms with Gasteiger partial charge in [-0.1, -0.05) is 81.7 Å². The van der Waals surface area contributed by atoms with E-state index in [0.717, 1.165) is 123 Å². The van der Waals surface area contributed by atoms with Crippen LogP contribution in [0.4, 0.5) is 20.5 Å². The summed E-state index contributed by atoms with van der Waals surface area (Å²) < 4.78 is 11.1. The van der Waals surface area contributed by atoms with Gasteiger partial charge in [0.2, 0.25) is 38.2 Å². The quantitative estimate of drug-likeness (QED) is 0.0228. The number of aryl methyl sites for hydroxylation is 8. The number of rotatable bonds is 36. The highest BCUT2D eigenvalue weighted by Gasteiger charge is 2.31. The lowest BCUT2D eigenvalue weighted by Gasteiger charge is -2.07. The number of Topliss-reactive ketones (excluding diaryl/α,β-unsaturated/α-hetero) is 2. The van der Waals surface area contributed by atoms with Crippen molar-refractivity contribution in [1.82, 2.24) is 71.2 Å². The molecule has 33 heteroatoms. The summed E-state index contributed by atoms with van der Waals surface area (Å²) in [6.07, 6.45) is 16.9. The van der Waals surface area contributed by atoms with Crippen molar-refractivity contribution in [2.45, 2.75) is 148 Å². The molecule has 2 aliphatic rings. The molecule has 4 amide bonds. The minimum Gasteiger partial charge on any atom is -0.486 e. The third-order valence-electron chi connectivity index (χ3n) is 14.8. The first-order valence-corrected chi connectivity index (χ1v) is 37.6. The molecule has 2 aliphatic carbocycles. The number of aromatic nitrogens is 14. The summed E-state index contributed by atoms with van der Waals surface area (Å²) in [7, 11) is 0. The van der Waals surface area contributed by atoms with E-state index in [1.54, 1.807) is 48.0 Å². The van der Waals surface area contributed by atoms with Crippen molar-refractivity contribution in [2.75, 3.05) is 34.5 Å². The zero-order chi connectivity index (χ0) is 69.8. The van der Waals surface area contributed by atoms with E-state index in [0.29, 0.717) is 86.3 Å². The van der Waals surface area contributed by atoms with Gasteiger partial charge in [0.05, 0.1) is 31.8 Å². The van der Waals surface area contributed by atoms with Crippen LogP contribution in [0.3, 0.4) is 0 Å². The third-order valence-corrected chi connectivity index (χ3v) is 20.4. The van der Waals surface area contributed by atoms with Crippen molar-refractivity contribution in [2.24, 2.45) is 11.8 Å². The molecule has 2 saturated carbocycles. The van der Waals surface area contributed by atoms with Crippen LogP contribution in [0.25, 0.3) is 0 Å². The number of aliphatic hydroxyl groups is 1. The predicted molar refractivity (Wildman–Crippen MR) is 382 cm³/mol. The fourth-order valence-electron chi connectivity index (χ4n) is 9.38. The minimum absolute atomic E-state index is 0.0163. The van der Waals surface area contributed by atoms with Crippen molar-refractivity contribution in [3.8, 4) is 11.5 Å². The number of pyridine rings is 2. The maximum absolute atomic E-state index is 12.2. The Bertz CT molecular complexity index is 4000. The fourth-order valence-corrected chi connectivity index (χ4v) is 14.3. The number of unbranched alkanes of at least 4 members (excludes halogenated alkanes) is 2. The SMILES string of the molecule is Cc1cccc(OCC(=O)Cc2nnc(CCCCc3nnc(NC(=O)COc4cccc(C)c4)s3)s2)c1.O=C(Cc1ccccn1)Nc1nnc(CCC(O)CCc2nnc(NC(=O)Cc3ccccn3)s2)s1.O=C(Cc1nnc(CCCCc2nnc(NC(=O)C3CC3)s2)s1)C1CC1. The van der Waals surface area contributed by atoms with E-state index in [1.807, 2.05) is 74.5 Å². The molecule has 0 bridgehead atoms. The highest BCUT2D eigenvalue weighted by atomic mass is 32.1. The predicted octanol–water partition coefficient (Wildman–Crippen LogP) is 10.1. The molecule has 2 aromatic carbocycles. The fraction of sp³-hybridized carbons (Fsp3) is 0.403. The zero-order valence-electron chi connectivity index (χ0n) is 54.9. The molecule has 0 unspecified atom stereocenters. The van der Waals surface area contributed by atoms with Gasteiger partial charge in [0, 0.05) is 74.1 Å². The molecule has 522 valence electrons. The Morgan fingerprint density at radius 2 is 0.830 bits per heavy atom. The first-order valence-electron chi connectivity index (χ1n) is 32.7. The first kappa shape index (κ1) is 73.6. The molecule has 0 atom stereocenters. The highest BCUT2D eigenvalue weighted by Crippen LogP contribution is 2.33. The molecule has 27 nitrogen and oxygen atoms in total. The number of aliphatic hydroxyl groups excluding tert-OH is 1. The molecule has 2 fully saturated rings. The lowest BCUT2D eigenvalue weighted by Crippen LogP contribution is -2.20. The molecule has 8 heterocycles. The van der Waals surface area contributed by atoms with Gasteiger partial charge in [-0.05, 0) is 138 Å². The van der Waals surface area contributed by atoms with E-state index >= 15 is 0 Å². The van der Waals surface area contributed by atoms with Crippen LogP contribution < -0.4 is 30.7 Å². The number of hydrogen-bond acceptors (Lipinski definition) is 29. The second-order valence-electron chi connectivity index (χ2n) is 23.6. The average Bonchev–Trinajstić information content (AvgIpc) is 1.74. The first-order chi connectivity index (χ1) is 48.6. The van der Waals surface area contributed by atoms with Gasteiger partial charge in [0.25, 0.3) is 5.91 Å². The van der Waals surface area contributed by atoms with Crippen molar-refractivity contribution in [1.29, 1.82) is 0 Å². The number of hydrogen-bond donors (Lipinski definition) is 5. The van der Waals surface area contributed by atoms with Crippen molar-refractivity contribution in [3.05, 3.63) is 160 Å². The van der Waals surface area contributed by atoms with Crippen molar-refractivity contribution in [3.63, 3.8) is 0 Å². The molecule has 5 N–H and O–H groups in total. The van der Waals surface area contributed by atoms with Crippen molar-refractivity contribution < 1.29 is 43.3 Å².